The van der Waals surface area contributed by atoms with Crippen LogP contribution in [0.25, 0.3) is 11.2 Å². The molecule has 2 aliphatic heterocycles. The normalized spacial score (nSPS) is 21.7. The molecule has 2 amide bonds. The number of rotatable bonds is 3. The van der Waals surface area contributed by atoms with Crippen molar-refractivity contribution in [3.05, 3.63) is 17.8 Å². The molecule has 4 rings (SSSR count). The van der Waals surface area contributed by atoms with E-state index in [0.717, 1.165) is 18.5 Å². The predicted octanol–water partition coefficient (Wildman–Crippen LogP) is 1.53. The van der Waals surface area contributed by atoms with Gasteiger partial charge in [-0.1, -0.05) is 0 Å². The fourth-order valence-corrected chi connectivity index (χ4v) is 3.74. The van der Waals surface area contributed by atoms with E-state index < -0.39 is 6.04 Å². The number of amides is 2. The van der Waals surface area contributed by atoms with Gasteiger partial charge in [-0.25, -0.2) is 4.98 Å². The first-order valence-electron chi connectivity index (χ1n) is 9.67. The first-order chi connectivity index (χ1) is 13.1. The number of hydrogen-bond acceptors (Lipinski definition) is 6. The Labute approximate surface area is 157 Å². The molecule has 2 aliphatic rings. The maximum atomic E-state index is 12.6. The van der Waals surface area contributed by atoms with E-state index in [1.54, 1.807) is 0 Å². The lowest BCUT2D eigenvalue weighted by Gasteiger charge is -2.30. The standard InChI is InChI=1S/C19H25N5O3/c1-12-5-6-15-16(21-12)23-19(27-15)24-10-7-13(8-11-24)17(25)22-14-4-2-3-9-20-18(14)26/h5-6,13-14H,2-4,7-11H2,1H3,(H,20,26)(H,22,25). The fraction of sp³-hybridized carbons (Fsp3) is 0.579. The average molecular weight is 371 g/mol. The van der Waals surface area contributed by atoms with Gasteiger partial charge in [0.15, 0.2) is 5.58 Å². The Morgan fingerprint density at radius 2 is 2.04 bits per heavy atom. The third kappa shape index (κ3) is 3.89. The van der Waals surface area contributed by atoms with E-state index in [1.165, 1.54) is 0 Å². The van der Waals surface area contributed by atoms with Crippen LogP contribution in [0.4, 0.5) is 6.01 Å². The Balaban J connectivity index is 1.35. The number of nitrogens with one attached hydrogen (secondary N) is 2. The summed E-state index contributed by atoms with van der Waals surface area (Å²) < 4.78 is 5.81. The number of hydrogen-bond donors (Lipinski definition) is 2. The number of oxazole rings is 1. The molecule has 0 bridgehead atoms. The van der Waals surface area contributed by atoms with Gasteiger partial charge < -0.3 is 20.0 Å². The van der Waals surface area contributed by atoms with Gasteiger partial charge in [0.25, 0.3) is 6.01 Å². The largest absolute Gasteiger partial charge is 0.422 e. The first kappa shape index (κ1) is 17.8. The number of pyridine rings is 1. The maximum absolute atomic E-state index is 12.6. The molecule has 2 aromatic rings. The van der Waals surface area contributed by atoms with Crippen molar-refractivity contribution in [2.75, 3.05) is 24.5 Å². The van der Waals surface area contributed by atoms with E-state index >= 15 is 0 Å². The number of piperidine rings is 1. The third-order valence-electron chi connectivity index (χ3n) is 5.37. The summed E-state index contributed by atoms with van der Waals surface area (Å²) in [5.41, 5.74) is 2.19. The Kier molecular flexibility index (Phi) is 4.96. The van der Waals surface area contributed by atoms with Gasteiger partial charge in [0.05, 0.1) is 0 Å². The first-order valence-corrected chi connectivity index (χ1v) is 9.67. The molecule has 0 spiro atoms. The second-order valence-electron chi connectivity index (χ2n) is 7.38. The number of aryl methyl sites for hydroxylation is 1. The molecular weight excluding hydrogens is 346 g/mol. The zero-order valence-electron chi connectivity index (χ0n) is 15.5. The summed E-state index contributed by atoms with van der Waals surface area (Å²) >= 11 is 0. The van der Waals surface area contributed by atoms with Gasteiger partial charge in [-0.05, 0) is 51.2 Å². The second kappa shape index (κ2) is 7.54. The molecule has 8 nitrogen and oxygen atoms in total. The summed E-state index contributed by atoms with van der Waals surface area (Å²) in [6, 6.07) is 3.94. The number of anilines is 1. The molecule has 2 saturated heterocycles. The molecule has 1 unspecified atom stereocenters. The van der Waals surface area contributed by atoms with Crippen molar-refractivity contribution in [3.8, 4) is 0 Å². The fourth-order valence-electron chi connectivity index (χ4n) is 3.74. The van der Waals surface area contributed by atoms with Crippen molar-refractivity contribution in [2.45, 2.75) is 45.1 Å². The van der Waals surface area contributed by atoms with Gasteiger partial charge in [0, 0.05) is 31.2 Å². The summed E-state index contributed by atoms with van der Waals surface area (Å²) in [6.07, 6.45) is 4.06. The molecule has 2 aromatic heterocycles. The smallest absolute Gasteiger partial charge is 0.299 e. The van der Waals surface area contributed by atoms with Crippen LogP contribution in [0, 0.1) is 12.8 Å². The molecule has 27 heavy (non-hydrogen) atoms. The molecule has 144 valence electrons. The summed E-state index contributed by atoms with van der Waals surface area (Å²) in [4.78, 5) is 35.5. The molecule has 0 saturated carbocycles. The van der Waals surface area contributed by atoms with Crippen molar-refractivity contribution in [3.63, 3.8) is 0 Å². The minimum atomic E-state index is -0.399. The van der Waals surface area contributed by atoms with E-state index in [4.69, 9.17) is 4.42 Å². The molecule has 1 atom stereocenters. The Hall–Kier alpha value is -2.64. The summed E-state index contributed by atoms with van der Waals surface area (Å²) in [5, 5.41) is 5.80. The van der Waals surface area contributed by atoms with Gasteiger partial charge in [-0.15, -0.1) is 0 Å². The summed E-state index contributed by atoms with van der Waals surface area (Å²) in [7, 11) is 0. The third-order valence-corrected chi connectivity index (χ3v) is 5.37. The van der Waals surface area contributed by atoms with Crippen LogP contribution < -0.4 is 15.5 Å². The van der Waals surface area contributed by atoms with Crippen molar-refractivity contribution < 1.29 is 14.0 Å². The molecular formula is C19H25N5O3. The van der Waals surface area contributed by atoms with Crippen LogP contribution >= 0.6 is 0 Å². The van der Waals surface area contributed by atoms with Crippen LogP contribution in [0.15, 0.2) is 16.5 Å². The predicted molar refractivity (Wildman–Crippen MR) is 100 cm³/mol. The highest BCUT2D eigenvalue weighted by molar-refractivity contribution is 5.88. The van der Waals surface area contributed by atoms with Gasteiger partial charge in [-0.3, -0.25) is 9.59 Å². The SMILES string of the molecule is Cc1ccc2oc(N3CCC(C(=O)NC4CCCCNC4=O)CC3)nc2n1. The van der Waals surface area contributed by atoms with Crippen LogP contribution in [0.1, 0.15) is 37.8 Å². The number of nitrogens with zero attached hydrogens (tertiary/aromatic N) is 3. The quantitative estimate of drug-likeness (QED) is 0.849. The highest BCUT2D eigenvalue weighted by Gasteiger charge is 2.30. The van der Waals surface area contributed by atoms with Crippen molar-refractivity contribution >= 4 is 29.1 Å². The van der Waals surface area contributed by atoms with Crippen molar-refractivity contribution in [1.29, 1.82) is 0 Å². The Morgan fingerprint density at radius 1 is 1.22 bits per heavy atom. The Bertz CT molecular complexity index is 841. The lowest BCUT2D eigenvalue weighted by molar-refractivity contribution is -0.131. The van der Waals surface area contributed by atoms with Crippen molar-refractivity contribution in [1.82, 2.24) is 20.6 Å². The maximum Gasteiger partial charge on any atom is 0.299 e. The zero-order chi connectivity index (χ0) is 18.8. The summed E-state index contributed by atoms with van der Waals surface area (Å²) in [6.45, 7) is 4.01. The van der Waals surface area contributed by atoms with Gasteiger partial charge in [-0.2, -0.15) is 4.98 Å². The molecule has 0 aliphatic carbocycles. The van der Waals surface area contributed by atoms with Crippen LogP contribution in [-0.2, 0) is 9.59 Å². The van der Waals surface area contributed by atoms with Crippen LogP contribution in [0.3, 0.4) is 0 Å². The lowest BCUT2D eigenvalue weighted by atomic mass is 9.95. The van der Waals surface area contributed by atoms with E-state index in [2.05, 4.69) is 25.5 Å². The van der Waals surface area contributed by atoms with E-state index in [0.29, 0.717) is 56.1 Å². The number of carbonyl (C=O) groups excluding carboxylic acids is 2. The number of aromatic nitrogens is 2. The molecule has 2 fully saturated rings. The Morgan fingerprint density at radius 3 is 2.85 bits per heavy atom. The number of fused-ring (bicyclic) bond motifs is 1. The van der Waals surface area contributed by atoms with E-state index in [1.807, 2.05) is 19.1 Å². The monoisotopic (exact) mass is 371 g/mol. The van der Waals surface area contributed by atoms with Gasteiger partial charge in [0.2, 0.25) is 17.5 Å². The molecule has 8 heteroatoms. The van der Waals surface area contributed by atoms with Gasteiger partial charge in [0.1, 0.15) is 6.04 Å². The van der Waals surface area contributed by atoms with Crippen LogP contribution in [-0.4, -0.2) is 47.5 Å². The van der Waals surface area contributed by atoms with E-state index in [-0.39, 0.29) is 17.7 Å². The topological polar surface area (TPSA) is 100 Å². The molecule has 4 heterocycles. The molecule has 0 aromatic carbocycles. The molecule has 2 N–H and O–H groups in total. The second-order valence-corrected chi connectivity index (χ2v) is 7.38. The minimum absolute atomic E-state index is 0.0217. The zero-order valence-corrected chi connectivity index (χ0v) is 15.5. The van der Waals surface area contributed by atoms with Gasteiger partial charge >= 0.3 is 0 Å². The average Bonchev–Trinajstić information content (AvgIpc) is 2.99. The highest BCUT2D eigenvalue weighted by atomic mass is 16.4. The van der Waals surface area contributed by atoms with Crippen molar-refractivity contribution in [2.24, 2.45) is 5.92 Å². The highest BCUT2D eigenvalue weighted by Crippen LogP contribution is 2.26. The lowest BCUT2D eigenvalue weighted by Crippen LogP contribution is -2.49. The molecule has 0 radical (unpaired) electrons. The minimum Gasteiger partial charge on any atom is -0.422 e. The van der Waals surface area contributed by atoms with E-state index in [9.17, 15) is 9.59 Å². The van der Waals surface area contributed by atoms with Crippen LogP contribution in [0.2, 0.25) is 0 Å². The number of carbonyl (C=O) groups is 2. The summed E-state index contributed by atoms with van der Waals surface area (Å²) in [5.74, 6) is -0.166. The van der Waals surface area contributed by atoms with Crippen LogP contribution in [0.5, 0.6) is 0 Å².